The summed E-state index contributed by atoms with van der Waals surface area (Å²) in [5.41, 5.74) is 7.26. The predicted molar refractivity (Wildman–Crippen MR) is 154 cm³/mol. The Morgan fingerprint density at radius 3 is 1.75 bits per heavy atom. The third-order valence-electron chi connectivity index (χ3n) is 7.60. The fraction of sp³-hybridized carbons (Fsp3) is 0.200. The van der Waals surface area contributed by atoms with Gasteiger partial charge in [-0.25, -0.2) is 0 Å². The first-order valence-electron chi connectivity index (χ1n) is 13.3. The van der Waals surface area contributed by atoms with Crippen LogP contribution in [0, 0.1) is 0 Å². The highest BCUT2D eigenvalue weighted by Gasteiger charge is 2.15. The van der Waals surface area contributed by atoms with Gasteiger partial charge in [-0.15, -0.1) is 0 Å². The highest BCUT2D eigenvalue weighted by Crippen LogP contribution is 2.31. The Labute approximate surface area is 214 Å². The van der Waals surface area contributed by atoms with E-state index in [0.29, 0.717) is 0 Å². The van der Waals surface area contributed by atoms with Gasteiger partial charge in [0.05, 0.1) is 0 Å². The van der Waals surface area contributed by atoms with Crippen LogP contribution in [0.2, 0.25) is 0 Å². The lowest BCUT2D eigenvalue weighted by Crippen LogP contribution is -2.24. The zero-order chi connectivity index (χ0) is 24.2. The van der Waals surface area contributed by atoms with Crippen molar-refractivity contribution in [2.75, 3.05) is 13.1 Å². The van der Waals surface area contributed by atoms with E-state index >= 15 is 0 Å². The summed E-state index contributed by atoms with van der Waals surface area (Å²) in [6.07, 6.45) is 8.18. The number of nitrogens with zero attached hydrogens (tertiary/aromatic N) is 1. The lowest BCUT2D eigenvalue weighted by atomic mass is 9.88. The maximum Gasteiger partial charge on any atom is 0.0213 e. The van der Waals surface area contributed by atoms with Gasteiger partial charge in [-0.05, 0) is 81.5 Å². The number of rotatable bonds is 7. The molecule has 0 bridgehead atoms. The molecule has 0 amide bonds. The zero-order valence-electron chi connectivity index (χ0n) is 20.9. The molecule has 0 aromatic heterocycles. The molecule has 0 atom stereocenters. The van der Waals surface area contributed by atoms with Crippen molar-refractivity contribution in [2.45, 2.75) is 32.1 Å². The molecule has 0 aliphatic heterocycles. The molecule has 1 aliphatic rings. The molecule has 0 saturated heterocycles. The number of hydrogen-bond acceptors (Lipinski definition) is 1. The van der Waals surface area contributed by atoms with Gasteiger partial charge >= 0.3 is 0 Å². The third kappa shape index (κ3) is 5.06. The van der Waals surface area contributed by atoms with Gasteiger partial charge in [-0.2, -0.15) is 0 Å². The Morgan fingerprint density at radius 2 is 1.11 bits per heavy atom. The molecule has 0 radical (unpaired) electrons. The minimum absolute atomic E-state index is 1.03. The van der Waals surface area contributed by atoms with Crippen molar-refractivity contribution in [3.63, 3.8) is 0 Å². The average molecular weight is 468 g/mol. The summed E-state index contributed by atoms with van der Waals surface area (Å²) in [6.45, 7) is 2.05. The first-order chi connectivity index (χ1) is 17.8. The quantitative estimate of drug-likeness (QED) is 0.232. The van der Waals surface area contributed by atoms with Crippen molar-refractivity contribution in [3.05, 3.63) is 138 Å². The number of aryl methyl sites for hydroxylation is 1. The van der Waals surface area contributed by atoms with Gasteiger partial charge in [0, 0.05) is 19.3 Å². The van der Waals surface area contributed by atoms with Crippen LogP contribution in [0.15, 0.2) is 115 Å². The molecule has 0 unspecified atom stereocenters. The Kier molecular flexibility index (Phi) is 6.54. The van der Waals surface area contributed by atoms with E-state index in [2.05, 4.69) is 120 Å². The molecule has 36 heavy (non-hydrogen) atoms. The van der Waals surface area contributed by atoms with E-state index in [0.717, 1.165) is 25.9 Å². The molecular formula is C35H33N. The Bertz CT molecular complexity index is 1440. The van der Waals surface area contributed by atoms with E-state index in [4.69, 9.17) is 0 Å². The molecule has 6 rings (SSSR count). The van der Waals surface area contributed by atoms with Crippen LogP contribution in [0.4, 0.5) is 0 Å². The van der Waals surface area contributed by atoms with Crippen LogP contribution in [-0.4, -0.2) is 18.0 Å². The van der Waals surface area contributed by atoms with E-state index in [1.165, 1.54) is 68.6 Å². The van der Waals surface area contributed by atoms with Crippen LogP contribution in [0.5, 0.6) is 0 Å². The minimum atomic E-state index is 1.03. The highest BCUT2D eigenvalue weighted by atomic mass is 15.1. The first-order valence-corrected chi connectivity index (χ1v) is 13.3. The predicted octanol–water partition coefficient (Wildman–Crippen LogP) is 8.46. The number of hydrogen-bond donors (Lipinski definition) is 0. The molecule has 5 aromatic carbocycles. The van der Waals surface area contributed by atoms with Crippen LogP contribution in [-0.2, 0) is 19.3 Å². The van der Waals surface area contributed by atoms with Crippen LogP contribution in [0.25, 0.3) is 27.1 Å². The molecule has 1 heteroatoms. The second-order valence-corrected chi connectivity index (χ2v) is 10.1. The van der Waals surface area contributed by atoms with E-state index < -0.39 is 0 Å². The second-order valence-electron chi connectivity index (χ2n) is 10.1. The Morgan fingerprint density at radius 1 is 0.556 bits per heavy atom. The van der Waals surface area contributed by atoms with Crippen molar-refractivity contribution in [2.24, 2.45) is 0 Å². The van der Waals surface area contributed by atoms with E-state index in [9.17, 15) is 0 Å². The van der Waals surface area contributed by atoms with E-state index in [1.54, 1.807) is 0 Å². The summed E-state index contributed by atoms with van der Waals surface area (Å²) < 4.78 is 0. The molecule has 5 aromatic rings. The summed E-state index contributed by atoms with van der Waals surface area (Å²) in [7, 11) is 0. The summed E-state index contributed by atoms with van der Waals surface area (Å²) in [5.74, 6) is 0. The third-order valence-corrected chi connectivity index (χ3v) is 7.60. The molecule has 0 fully saturated rings. The van der Waals surface area contributed by atoms with Crippen molar-refractivity contribution >= 4 is 27.1 Å². The normalized spacial score (nSPS) is 14.3. The lowest BCUT2D eigenvalue weighted by molar-refractivity contribution is 0.384. The maximum absolute atomic E-state index is 2.57. The highest BCUT2D eigenvalue weighted by molar-refractivity contribution is 5.83. The van der Waals surface area contributed by atoms with Gasteiger partial charge in [-0.1, -0.05) is 109 Å². The molecule has 1 nitrogen and oxygen atoms in total. The van der Waals surface area contributed by atoms with Crippen LogP contribution in [0.3, 0.4) is 0 Å². The number of allylic oxidation sites excluding steroid dienone is 1. The Hall–Kier alpha value is -3.84. The van der Waals surface area contributed by atoms with E-state index in [-0.39, 0.29) is 0 Å². The van der Waals surface area contributed by atoms with Crippen LogP contribution < -0.4 is 0 Å². The van der Waals surface area contributed by atoms with Crippen molar-refractivity contribution in [3.8, 4) is 0 Å². The van der Waals surface area contributed by atoms with Crippen molar-refractivity contribution in [1.82, 2.24) is 4.90 Å². The first kappa shape index (κ1) is 22.6. The largest absolute Gasteiger partial charge is 0.376 e. The fourth-order valence-electron chi connectivity index (χ4n) is 5.58. The van der Waals surface area contributed by atoms with Gasteiger partial charge in [0.25, 0.3) is 0 Å². The van der Waals surface area contributed by atoms with Crippen LogP contribution in [0.1, 0.15) is 35.1 Å². The topological polar surface area (TPSA) is 3.24 Å². The van der Waals surface area contributed by atoms with Gasteiger partial charge in [0.1, 0.15) is 0 Å². The monoisotopic (exact) mass is 467 g/mol. The molecule has 178 valence electrons. The maximum atomic E-state index is 2.57. The molecular weight excluding hydrogens is 434 g/mol. The SMILES string of the molecule is C(=C1/CCCc2ccccc21)/N(CCc1ccc2ccccc2c1)CCc1ccc2ccccc2c1. The summed E-state index contributed by atoms with van der Waals surface area (Å²) in [5, 5.41) is 5.29. The number of benzene rings is 5. The zero-order valence-corrected chi connectivity index (χ0v) is 20.9. The van der Waals surface area contributed by atoms with Gasteiger partial charge in [0.2, 0.25) is 0 Å². The molecule has 0 spiro atoms. The van der Waals surface area contributed by atoms with Gasteiger partial charge in [0.15, 0.2) is 0 Å². The molecule has 0 N–H and O–H groups in total. The van der Waals surface area contributed by atoms with Crippen LogP contribution >= 0.6 is 0 Å². The van der Waals surface area contributed by atoms with Gasteiger partial charge < -0.3 is 4.90 Å². The second kappa shape index (κ2) is 10.4. The lowest BCUT2D eigenvalue weighted by Gasteiger charge is -2.26. The minimum Gasteiger partial charge on any atom is -0.376 e. The van der Waals surface area contributed by atoms with Crippen molar-refractivity contribution < 1.29 is 0 Å². The standard InChI is InChI=1S/C35H33N/c1-3-11-32-24-27(16-18-29(32)8-1)20-22-36(26-34-14-7-13-31-10-5-6-15-35(31)34)23-21-28-17-19-30-9-2-4-12-33(30)25-28/h1-6,8-12,15-19,24-26H,7,13-14,20-23H2/b34-26+. The summed E-state index contributed by atoms with van der Waals surface area (Å²) >= 11 is 0. The molecule has 0 saturated carbocycles. The van der Waals surface area contributed by atoms with Gasteiger partial charge in [-0.3, -0.25) is 0 Å². The smallest absolute Gasteiger partial charge is 0.0213 e. The van der Waals surface area contributed by atoms with E-state index in [1.807, 2.05) is 0 Å². The summed E-state index contributed by atoms with van der Waals surface area (Å²) in [4.78, 5) is 2.57. The average Bonchev–Trinajstić information content (AvgIpc) is 2.94. The molecule has 1 aliphatic carbocycles. The summed E-state index contributed by atoms with van der Waals surface area (Å²) in [6, 6.07) is 40.1. The van der Waals surface area contributed by atoms with Crippen molar-refractivity contribution in [1.29, 1.82) is 0 Å². The number of fused-ring (bicyclic) bond motifs is 3. The Balaban J connectivity index is 1.24. The fourth-order valence-corrected chi connectivity index (χ4v) is 5.58. The molecule has 0 heterocycles.